The van der Waals surface area contributed by atoms with Crippen molar-refractivity contribution in [3.63, 3.8) is 0 Å². The minimum Gasteiger partial charge on any atom is -0.380 e. The summed E-state index contributed by atoms with van der Waals surface area (Å²) in [7, 11) is -1.82. The van der Waals surface area contributed by atoms with E-state index in [1.54, 1.807) is 0 Å². The van der Waals surface area contributed by atoms with Crippen molar-refractivity contribution in [1.29, 1.82) is 0 Å². The Hall–Kier alpha value is -1.13. The highest BCUT2D eigenvalue weighted by Crippen LogP contribution is 2.14. The topological polar surface area (TPSA) is 12.5 Å². The fourth-order valence-electron chi connectivity index (χ4n) is 3.19. The van der Waals surface area contributed by atoms with Gasteiger partial charge in [0.15, 0.2) is 0 Å². The largest absolute Gasteiger partial charge is 0.380 e. The van der Waals surface area contributed by atoms with Gasteiger partial charge in [0.2, 0.25) is 0 Å². The lowest BCUT2D eigenvalue weighted by Crippen LogP contribution is -2.56. The molecule has 2 rings (SSSR count). The van der Waals surface area contributed by atoms with Crippen LogP contribution in [-0.4, -0.2) is 45.8 Å². The molecule has 0 aliphatic rings. The van der Waals surface area contributed by atoms with Crippen LogP contribution in [0.3, 0.4) is 0 Å². The molecule has 0 fully saturated rings. The molecule has 0 amide bonds. The predicted octanol–water partition coefficient (Wildman–Crippen LogP) is 3.89. The van der Waals surface area contributed by atoms with Crippen molar-refractivity contribution >= 4 is 30.0 Å². The van der Waals surface area contributed by atoms with Crippen molar-refractivity contribution in [3.05, 3.63) is 59.6 Å². The standard InChI is InChI=1S/C21H30ClNOSi/c1-4-23(5-2)15-16-24-17-18-25(3,20-9-7-6-8-10-20)21-13-11-19(22)12-14-21/h6-14H,4-5,15-18H2,1-3H3. The number of hydrogen-bond donors (Lipinski definition) is 0. The molecule has 0 aliphatic heterocycles. The van der Waals surface area contributed by atoms with Gasteiger partial charge in [0, 0.05) is 18.2 Å². The first kappa shape index (κ1) is 20.2. The van der Waals surface area contributed by atoms with Crippen molar-refractivity contribution in [1.82, 2.24) is 4.90 Å². The Balaban J connectivity index is 2.05. The van der Waals surface area contributed by atoms with Gasteiger partial charge in [-0.2, -0.15) is 0 Å². The molecule has 0 saturated heterocycles. The van der Waals surface area contributed by atoms with Crippen LogP contribution >= 0.6 is 11.6 Å². The van der Waals surface area contributed by atoms with E-state index in [4.69, 9.17) is 16.3 Å². The summed E-state index contributed by atoms with van der Waals surface area (Å²) in [4.78, 5) is 2.40. The van der Waals surface area contributed by atoms with E-state index in [1.165, 1.54) is 10.4 Å². The number of likely N-dealkylation sites (N-methyl/N-ethyl adjacent to an activating group) is 1. The van der Waals surface area contributed by atoms with E-state index in [-0.39, 0.29) is 0 Å². The second-order valence-electron chi connectivity index (χ2n) is 6.59. The Morgan fingerprint density at radius 1 is 0.880 bits per heavy atom. The van der Waals surface area contributed by atoms with Gasteiger partial charge < -0.3 is 9.64 Å². The molecule has 0 saturated carbocycles. The molecule has 0 aliphatic carbocycles. The van der Waals surface area contributed by atoms with Crippen molar-refractivity contribution in [2.45, 2.75) is 26.4 Å². The molecule has 0 aromatic heterocycles. The number of nitrogens with zero attached hydrogens (tertiary/aromatic N) is 1. The third kappa shape index (κ3) is 5.68. The van der Waals surface area contributed by atoms with E-state index in [2.05, 4.69) is 67.8 Å². The van der Waals surface area contributed by atoms with E-state index >= 15 is 0 Å². The van der Waals surface area contributed by atoms with Crippen molar-refractivity contribution in [2.75, 3.05) is 32.8 Å². The maximum atomic E-state index is 6.10. The number of rotatable bonds is 10. The maximum Gasteiger partial charge on any atom is 0.117 e. The Morgan fingerprint density at radius 3 is 2.08 bits per heavy atom. The van der Waals surface area contributed by atoms with E-state index in [0.29, 0.717) is 0 Å². The number of hydrogen-bond acceptors (Lipinski definition) is 2. The van der Waals surface area contributed by atoms with Gasteiger partial charge in [-0.1, -0.05) is 84.8 Å². The zero-order chi connectivity index (χ0) is 18.1. The van der Waals surface area contributed by atoms with Crippen molar-refractivity contribution in [2.24, 2.45) is 0 Å². The highest BCUT2D eigenvalue weighted by molar-refractivity contribution is 7.01. The fourth-order valence-corrected chi connectivity index (χ4v) is 6.61. The summed E-state index contributed by atoms with van der Waals surface area (Å²) in [6.07, 6.45) is 0. The first-order valence-corrected chi connectivity index (χ1v) is 12.3. The monoisotopic (exact) mass is 375 g/mol. The second-order valence-corrected chi connectivity index (χ2v) is 11.3. The number of ether oxygens (including phenoxy) is 1. The summed E-state index contributed by atoms with van der Waals surface area (Å²) < 4.78 is 6.00. The zero-order valence-electron chi connectivity index (χ0n) is 15.7. The van der Waals surface area contributed by atoms with Crippen LogP contribution in [0.15, 0.2) is 54.6 Å². The highest BCUT2D eigenvalue weighted by atomic mass is 35.5. The van der Waals surface area contributed by atoms with Gasteiger partial charge in [0.05, 0.1) is 6.61 Å². The molecule has 2 nitrogen and oxygen atoms in total. The first-order valence-electron chi connectivity index (χ1n) is 9.21. The normalized spacial score (nSPS) is 13.8. The Kier molecular flexibility index (Phi) is 8.17. The van der Waals surface area contributed by atoms with Gasteiger partial charge >= 0.3 is 0 Å². The van der Waals surface area contributed by atoms with Gasteiger partial charge in [-0.3, -0.25) is 0 Å². The molecule has 2 aromatic rings. The molecule has 1 unspecified atom stereocenters. The van der Waals surface area contributed by atoms with Crippen molar-refractivity contribution in [3.8, 4) is 0 Å². The van der Waals surface area contributed by atoms with Gasteiger partial charge in [0.1, 0.15) is 8.07 Å². The molecule has 1 atom stereocenters. The van der Waals surface area contributed by atoms with Crippen LogP contribution in [0.4, 0.5) is 0 Å². The summed E-state index contributed by atoms with van der Waals surface area (Å²) in [6.45, 7) is 11.6. The number of halogens is 1. The fraction of sp³-hybridized carbons (Fsp3) is 0.429. The minimum atomic E-state index is -1.82. The summed E-state index contributed by atoms with van der Waals surface area (Å²) in [6, 6.07) is 20.4. The third-order valence-electron chi connectivity index (χ3n) is 5.08. The average Bonchev–Trinajstić information content (AvgIpc) is 2.66. The zero-order valence-corrected chi connectivity index (χ0v) is 17.4. The molecule has 0 N–H and O–H groups in total. The Labute approximate surface area is 158 Å². The Morgan fingerprint density at radius 2 is 1.48 bits per heavy atom. The maximum absolute atomic E-state index is 6.10. The van der Waals surface area contributed by atoms with E-state index in [9.17, 15) is 0 Å². The molecule has 2 aromatic carbocycles. The predicted molar refractivity (Wildman–Crippen MR) is 112 cm³/mol. The first-order chi connectivity index (χ1) is 12.1. The third-order valence-corrected chi connectivity index (χ3v) is 9.76. The molecule has 4 heteroatoms. The minimum absolute atomic E-state index is 0.795. The van der Waals surface area contributed by atoms with Crippen LogP contribution in [0.1, 0.15) is 13.8 Å². The average molecular weight is 376 g/mol. The van der Waals surface area contributed by atoms with Crippen LogP contribution in [0, 0.1) is 0 Å². The van der Waals surface area contributed by atoms with Crippen LogP contribution < -0.4 is 10.4 Å². The molecule has 0 spiro atoms. The lowest BCUT2D eigenvalue weighted by atomic mass is 10.4. The summed E-state index contributed by atoms with van der Waals surface area (Å²) in [5.41, 5.74) is 0. The lowest BCUT2D eigenvalue weighted by Gasteiger charge is -2.29. The van der Waals surface area contributed by atoms with Gasteiger partial charge in [-0.25, -0.2) is 0 Å². The van der Waals surface area contributed by atoms with Crippen LogP contribution in [-0.2, 0) is 4.74 Å². The van der Waals surface area contributed by atoms with Crippen molar-refractivity contribution < 1.29 is 4.74 Å². The SMILES string of the molecule is CCN(CC)CCOCC[Si](C)(c1ccccc1)c1ccc(Cl)cc1. The summed E-state index contributed by atoms with van der Waals surface area (Å²) in [5.74, 6) is 0. The van der Waals surface area contributed by atoms with Crippen LogP contribution in [0.5, 0.6) is 0 Å². The molecule has 136 valence electrons. The van der Waals surface area contributed by atoms with E-state index < -0.39 is 8.07 Å². The van der Waals surface area contributed by atoms with Gasteiger partial charge in [-0.05, 0) is 31.3 Å². The van der Waals surface area contributed by atoms with Gasteiger partial charge in [0.25, 0.3) is 0 Å². The number of benzene rings is 2. The smallest absolute Gasteiger partial charge is 0.117 e. The lowest BCUT2D eigenvalue weighted by molar-refractivity contribution is 0.117. The Bertz CT molecular complexity index is 616. The molecule has 25 heavy (non-hydrogen) atoms. The van der Waals surface area contributed by atoms with Gasteiger partial charge in [-0.15, -0.1) is 0 Å². The molecule has 0 heterocycles. The van der Waals surface area contributed by atoms with E-state index in [0.717, 1.165) is 43.9 Å². The van der Waals surface area contributed by atoms with Crippen LogP contribution in [0.2, 0.25) is 17.6 Å². The highest BCUT2D eigenvalue weighted by Gasteiger charge is 2.31. The quantitative estimate of drug-likeness (QED) is 0.461. The molecule has 0 radical (unpaired) electrons. The molecule has 0 bridgehead atoms. The summed E-state index contributed by atoms with van der Waals surface area (Å²) >= 11 is 6.10. The van der Waals surface area contributed by atoms with Crippen LogP contribution in [0.25, 0.3) is 0 Å². The molecular weight excluding hydrogens is 346 g/mol. The molecular formula is C21H30ClNOSi. The van der Waals surface area contributed by atoms with E-state index in [1.807, 2.05) is 12.1 Å². The summed E-state index contributed by atoms with van der Waals surface area (Å²) in [5, 5.41) is 3.66. The second kappa shape index (κ2) is 10.1.